The van der Waals surface area contributed by atoms with Crippen LogP contribution in [0.1, 0.15) is 37.4 Å². The zero-order valence-corrected chi connectivity index (χ0v) is 15.5. The van der Waals surface area contributed by atoms with E-state index in [1.54, 1.807) is 0 Å². The summed E-state index contributed by atoms with van der Waals surface area (Å²) in [4.78, 5) is 14.2. The Morgan fingerprint density at radius 1 is 1.27 bits per heavy atom. The molecule has 1 aromatic rings. The van der Waals surface area contributed by atoms with Gasteiger partial charge in [-0.25, -0.2) is 0 Å². The molecule has 1 rings (SSSR count). The maximum Gasteiger partial charge on any atom is 0.241 e. The number of carbonyl (C=O) groups excluding carboxylic acids is 1. The van der Waals surface area contributed by atoms with Gasteiger partial charge in [-0.15, -0.1) is 24.8 Å². The number of rotatable bonds is 7. The molecule has 0 spiro atoms. The molecule has 2 unspecified atom stereocenters. The number of halogens is 2. The van der Waals surface area contributed by atoms with Crippen LogP contribution in [0.4, 0.5) is 0 Å². The lowest BCUT2D eigenvalue weighted by Gasteiger charge is -2.23. The number of aryl methyl sites for hydroxylation is 1. The summed E-state index contributed by atoms with van der Waals surface area (Å²) >= 11 is 0. The smallest absolute Gasteiger partial charge is 0.241 e. The van der Waals surface area contributed by atoms with Crippen LogP contribution in [0.3, 0.4) is 0 Å². The van der Waals surface area contributed by atoms with Gasteiger partial charge in [0.25, 0.3) is 0 Å². The monoisotopic (exact) mass is 349 g/mol. The highest BCUT2D eigenvalue weighted by Crippen LogP contribution is 2.11. The second-order valence-electron chi connectivity index (χ2n) is 5.42. The summed E-state index contributed by atoms with van der Waals surface area (Å²) in [5.74, 6) is -0.119. The van der Waals surface area contributed by atoms with Crippen LogP contribution in [-0.4, -0.2) is 37.0 Å². The molecule has 1 amide bonds. The molecule has 0 fully saturated rings. The molecule has 4 nitrogen and oxygen atoms in total. The maximum atomic E-state index is 12.0. The summed E-state index contributed by atoms with van der Waals surface area (Å²) in [6.07, 6.45) is 1.10. The van der Waals surface area contributed by atoms with E-state index in [1.807, 2.05) is 31.2 Å². The van der Waals surface area contributed by atoms with Gasteiger partial charge < -0.3 is 16.0 Å². The molecule has 0 aliphatic heterocycles. The zero-order valence-electron chi connectivity index (χ0n) is 13.8. The van der Waals surface area contributed by atoms with Crippen LogP contribution in [0, 0.1) is 6.92 Å². The lowest BCUT2D eigenvalue weighted by molar-refractivity contribution is -0.122. The number of amides is 1. The number of nitrogens with two attached hydrogens (primary N) is 1. The predicted octanol–water partition coefficient (Wildman–Crippen LogP) is 2.68. The molecular formula is C16H29Cl2N3O. The first-order valence-corrected chi connectivity index (χ1v) is 7.25. The molecule has 1 aromatic carbocycles. The van der Waals surface area contributed by atoms with Crippen molar-refractivity contribution in [1.29, 1.82) is 0 Å². The number of nitrogens with one attached hydrogen (secondary N) is 1. The predicted molar refractivity (Wildman–Crippen MR) is 98.0 cm³/mol. The zero-order chi connectivity index (χ0) is 15.1. The second kappa shape index (κ2) is 11.7. The summed E-state index contributed by atoms with van der Waals surface area (Å²) in [5.41, 5.74) is 7.98. The molecule has 6 heteroatoms. The number of carbonyl (C=O) groups is 1. The topological polar surface area (TPSA) is 58.4 Å². The Morgan fingerprint density at radius 2 is 1.82 bits per heavy atom. The molecule has 2 atom stereocenters. The van der Waals surface area contributed by atoms with Crippen molar-refractivity contribution >= 4 is 30.7 Å². The fourth-order valence-electron chi connectivity index (χ4n) is 1.92. The average Bonchev–Trinajstić information content (AvgIpc) is 2.46. The van der Waals surface area contributed by atoms with Crippen LogP contribution < -0.4 is 11.1 Å². The standard InChI is InChI=1S/C16H27N3O.2ClH/c1-5-13(3)19(4)11-10-18-16(20)15(17)14-8-6-12(2)7-9-14;;/h6-9,13,15H,5,10-11,17H2,1-4H3,(H,18,20);2*1H. The number of likely N-dealkylation sites (N-methyl/N-ethyl adjacent to an activating group) is 1. The third kappa shape index (κ3) is 7.45. The van der Waals surface area contributed by atoms with Crippen molar-refractivity contribution in [2.24, 2.45) is 5.73 Å². The number of nitrogens with zero attached hydrogens (tertiary/aromatic N) is 1. The van der Waals surface area contributed by atoms with E-state index in [-0.39, 0.29) is 30.7 Å². The SMILES string of the molecule is CCC(C)N(C)CCNC(=O)C(N)c1ccc(C)cc1.Cl.Cl. The minimum absolute atomic E-state index is 0. The van der Waals surface area contributed by atoms with Gasteiger partial charge >= 0.3 is 0 Å². The Bertz CT molecular complexity index is 426. The molecule has 0 heterocycles. The van der Waals surface area contributed by atoms with E-state index in [4.69, 9.17) is 5.73 Å². The highest BCUT2D eigenvalue weighted by molar-refractivity contribution is 5.85. The molecule has 0 radical (unpaired) electrons. The fourth-order valence-corrected chi connectivity index (χ4v) is 1.92. The second-order valence-corrected chi connectivity index (χ2v) is 5.42. The Kier molecular flexibility index (Phi) is 12.5. The van der Waals surface area contributed by atoms with Crippen molar-refractivity contribution in [3.8, 4) is 0 Å². The van der Waals surface area contributed by atoms with Gasteiger partial charge in [0.05, 0.1) is 0 Å². The molecule has 3 N–H and O–H groups in total. The van der Waals surface area contributed by atoms with Gasteiger partial charge in [-0.3, -0.25) is 4.79 Å². The average molecular weight is 350 g/mol. The van der Waals surface area contributed by atoms with Gasteiger partial charge in [-0.05, 0) is 32.9 Å². The van der Waals surface area contributed by atoms with Gasteiger partial charge in [-0.1, -0.05) is 36.8 Å². The number of benzene rings is 1. The third-order valence-corrected chi connectivity index (χ3v) is 3.83. The number of hydrogen-bond donors (Lipinski definition) is 2. The summed E-state index contributed by atoms with van der Waals surface area (Å²) in [7, 11) is 2.07. The van der Waals surface area contributed by atoms with Crippen molar-refractivity contribution < 1.29 is 4.79 Å². The highest BCUT2D eigenvalue weighted by atomic mass is 35.5. The molecule has 0 aromatic heterocycles. The summed E-state index contributed by atoms with van der Waals surface area (Å²) in [5, 5.41) is 2.90. The van der Waals surface area contributed by atoms with E-state index in [2.05, 4.69) is 31.1 Å². The van der Waals surface area contributed by atoms with Gasteiger partial charge in [0.1, 0.15) is 6.04 Å². The Balaban J connectivity index is 0. The molecule has 0 aliphatic rings. The van der Waals surface area contributed by atoms with Crippen LogP contribution in [0.2, 0.25) is 0 Å². The van der Waals surface area contributed by atoms with E-state index in [0.717, 1.165) is 24.1 Å². The first kappa shape index (κ1) is 23.5. The van der Waals surface area contributed by atoms with Gasteiger partial charge in [0, 0.05) is 19.1 Å². The minimum atomic E-state index is -0.593. The van der Waals surface area contributed by atoms with Crippen LogP contribution in [-0.2, 0) is 4.79 Å². The molecule has 0 saturated carbocycles. The van der Waals surface area contributed by atoms with E-state index in [0.29, 0.717) is 12.6 Å². The molecule has 0 bridgehead atoms. The van der Waals surface area contributed by atoms with Crippen molar-refractivity contribution in [2.45, 2.75) is 39.3 Å². The Labute approximate surface area is 146 Å². The lowest BCUT2D eigenvalue weighted by atomic mass is 10.1. The van der Waals surface area contributed by atoms with Gasteiger partial charge in [-0.2, -0.15) is 0 Å². The lowest BCUT2D eigenvalue weighted by Crippen LogP contribution is -2.40. The minimum Gasteiger partial charge on any atom is -0.353 e. The first-order chi connectivity index (χ1) is 9.45. The van der Waals surface area contributed by atoms with Gasteiger partial charge in [0.2, 0.25) is 5.91 Å². The van der Waals surface area contributed by atoms with Crippen LogP contribution >= 0.6 is 24.8 Å². The van der Waals surface area contributed by atoms with E-state index in [9.17, 15) is 4.79 Å². The van der Waals surface area contributed by atoms with E-state index < -0.39 is 6.04 Å². The summed E-state index contributed by atoms with van der Waals surface area (Å²) in [6, 6.07) is 7.69. The van der Waals surface area contributed by atoms with Crippen molar-refractivity contribution in [3.05, 3.63) is 35.4 Å². The molecule has 0 saturated heterocycles. The normalized spacial score (nSPS) is 12.8. The van der Waals surface area contributed by atoms with Crippen molar-refractivity contribution in [1.82, 2.24) is 10.2 Å². The van der Waals surface area contributed by atoms with Crippen LogP contribution in [0.25, 0.3) is 0 Å². The van der Waals surface area contributed by atoms with Crippen LogP contribution in [0.5, 0.6) is 0 Å². The molecule has 128 valence electrons. The third-order valence-electron chi connectivity index (χ3n) is 3.83. The van der Waals surface area contributed by atoms with Gasteiger partial charge in [0.15, 0.2) is 0 Å². The summed E-state index contributed by atoms with van der Waals surface area (Å²) < 4.78 is 0. The van der Waals surface area contributed by atoms with Crippen LogP contribution in [0.15, 0.2) is 24.3 Å². The van der Waals surface area contributed by atoms with E-state index >= 15 is 0 Å². The molecule has 0 aliphatic carbocycles. The maximum absolute atomic E-state index is 12.0. The highest BCUT2D eigenvalue weighted by Gasteiger charge is 2.15. The quantitative estimate of drug-likeness (QED) is 0.795. The Hall–Kier alpha value is -0.810. The van der Waals surface area contributed by atoms with E-state index in [1.165, 1.54) is 0 Å². The fraction of sp³-hybridized carbons (Fsp3) is 0.562. The molecule has 22 heavy (non-hydrogen) atoms. The van der Waals surface area contributed by atoms with Crippen molar-refractivity contribution in [2.75, 3.05) is 20.1 Å². The summed E-state index contributed by atoms with van der Waals surface area (Å²) in [6.45, 7) is 7.81. The Morgan fingerprint density at radius 3 is 2.32 bits per heavy atom. The number of hydrogen-bond acceptors (Lipinski definition) is 3. The largest absolute Gasteiger partial charge is 0.353 e. The van der Waals surface area contributed by atoms with Crippen molar-refractivity contribution in [3.63, 3.8) is 0 Å². The molecular weight excluding hydrogens is 321 g/mol. The first-order valence-electron chi connectivity index (χ1n) is 7.25.